The summed E-state index contributed by atoms with van der Waals surface area (Å²) in [6.07, 6.45) is 2.33. The Morgan fingerprint density at radius 2 is 2.40 bits per heavy atom. The molecule has 0 bridgehead atoms. The summed E-state index contributed by atoms with van der Waals surface area (Å²) >= 11 is 0. The van der Waals surface area contributed by atoms with Crippen molar-refractivity contribution in [1.82, 2.24) is 10.2 Å². The molecule has 0 saturated carbocycles. The number of aliphatic hydroxyl groups is 1. The van der Waals surface area contributed by atoms with Gasteiger partial charge in [-0.1, -0.05) is 6.92 Å². The SMILES string of the molecule is CCNC1CCN(CCCC(C)O)C1=O. The summed E-state index contributed by atoms with van der Waals surface area (Å²) in [4.78, 5) is 13.7. The van der Waals surface area contributed by atoms with Gasteiger partial charge in [0, 0.05) is 13.1 Å². The van der Waals surface area contributed by atoms with Gasteiger partial charge in [-0.15, -0.1) is 0 Å². The van der Waals surface area contributed by atoms with Gasteiger partial charge in [-0.3, -0.25) is 4.79 Å². The number of carbonyl (C=O) groups excluding carboxylic acids is 1. The molecule has 1 heterocycles. The van der Waals surface area contributed by atoms with E-state index >= 15 is 0 Å². The standard InChI is InChI=1S/C11H22N2O2/c1-3-12-10-6-8-13(11(10)15)7-4-5-9(2)14/h9-10,12,14H,3-8H2,1-2H3. The van der Waals surface area contributed by atoms with E-state index in [1.807, 2.05) is 11.8 Å². The second-order valence-electron chi connectivity index (χ2n) is 4.22. The fourth-order valence-corrected chi connectivity index (χ4v) is 1.97. The Kier molecular flexibility index (Phi) is 5.05. The van der Waals surface area contributed by atoms with Crippen molar-refractivity contribution in [2.24, 2.45) is 0 Å². The first-order chi connectivity index (χ1) is 7.15. The average molecular weight is 214 g/mol. The lowest BCUT2D eigenvalue weighted by atomic mass is 10.2. The maximum absolute atomic E-state index is 11.8. The number of hydrogen-bond donors (Lipinski definition) is 2. The molecule has 0 aliphatic carbocycles. The smallest absolute Gasteiger partial charge is 0.239 e. The molecule has 1 amide bonds. The first-order valence-corrected chi connectivity index (χ1v) is 5.85. The van der Waals surface area contributed by atoms with Crippen LogP contribution in [0.2, 0.25) is 0 Å². The Bertz CT molecular complexity index is 207. The molecule has 15 heavy (non-hydrogen) atoms. The van der Waals surface area contributed by atoms with E-state index in [0.717, 1.165) is 38.9 Å². The third kappa shape index (κ3) is 3.80. The Labute approximate surface area is 91.6 Å². The van der Waals surface area contributed by atoms with Crippen LogP contribution in [0.5, 0.6) is 0 Å². The van der Waals surface area contributed by atoms with Crippen molar-refractivity contribution in [3.05, 3.63) is 0 Å². The number of likely N-dealkylation sites (N-methyl/N-ethyl adjacent to an activating group) is 1. The Morgan fingerprint density at radius 3 is 3.00 bits per heavy atom. The number of nitrogens with one attached hydrogen (secondary N) is 1. The largest absolute Gasteiger partial charge is 0.393 e. The van der Waals surface area contributed by atoms with Gasteiger partial charge in [-0.25, -0.2) is 0 Å². The maximum atomic E-state index is 11.8. The van der Waals surface area contributed by atoms with E-state index in [1.165, 1.54) is 0 Å². The van der Waals surface area contributed by atoms with Gasteiger partial charge >= 0.3 is 0 Å². The van der Waals surface area contributed by atoms with Gasteiger partial charge in [0.25, 0.3) is 0 Å². The van der Waals surface area contributed by atoms with E-state index in [1.54, 1.807) is 6.92 Å². The predicted molar refractivity (Wildman–Crippen MR) is 59.6 cm³/mol. The molecule has 2 atom stereocenters. The van der Waals surface area contributed by atoms with Crippen molar-refractivity contribution in [2.45, 2.75) is 45.3 Å². The number of amides is 1. The lowest BCUT2D eigenvalue weighted by molar-refractivity contribution is -0.129. The van der Waals surface area contributed by atoms with Gasteiger partial charge in [0.05, 0.1) is 12.1 Å². The van der Waals surface area contributed by atoms with E-state index in [2.05, 4.69) is 5.32 Å². The topological polar surface area (TPSA) is 52.6 Å². The Morgan fingerprint density at radius 1 is 1.67 bits per heavy atom. The summed E-state index contributed by atoms with van der Waals surface area (Å²) in [5, 5.41) is 12.3. The van der Waals surface area contributed by atoms with Crippen LogP contribution in [0, 0.1) is 0 Å². The molecule has 2 N–H and O–H groups in total. The first kappa shape index (κ1) is 12.5. The molecule has 0 radical (unpaired) electrons. The zero-order chi connectivity index (χ0) is 11.3. The molecule has 0 aromatic rings. The lowest BCUT2D eigenvalue weighted by Crippen LogP contribution is -2.38. The summed E-state index contributed by atoms with van der Waals surface area (Å²) in [6, 6.07) is 0.0292. The van der Waals surface area contributed by atoms with E-state index in [9.17, 15) is 4.79 Å². The van der Waals surface area contributed by atoms with Crippen LogP contribution >= 0.6 is 0 Å². The van der Waals surface area contributed by atoms with E-state index in [-0.39, 0.29) is 18.1 Å². The van der Waals surface area contributed by atoms with Gasteiger partial charge in [0.1, 0.15) is 0 Å². The highest BCUT2D eigenvalue weighted by atomic mass is 16.3. The number of aliphatic hydroxyl groups excluding tert-OH is 1. The fraction of sp³-hybridized carbons (Fsp3) is 0.909. The fourth-order valence-electron chi connectivity index (χ4n) is 1.97. The van der Waals surface area contributed by atoms with E-state index in [0.29, 0.717) is 0 Å². The van der Waals surface area contributed by atoms with Gasteiger partial charge in [0.2, 0.25) is 5.91 Å². The third-order valence-electron chi connectivity index (χ3n) is 2.80. The molecule has 0 spiro atoms. The van der Waals surface area contributed by atoms with Gasteiger partial charge in [0.15, 0.2) is 0 Å². The highest BCUT2D eigenvalue weighted by Crippen LogP contribution is 2.12. The van der Waals surface area contributed by atoms with Crippen LogP contribution < -0.4 is 5.32 Å². The first-order valence-electron chi connectivity index (χ1n) is 5.85. The van der Waals surface area contributed by atoms with Crippen LogP contribution in [-0.4, -0.2) is 47.7 Å². The molecule has 88 valence electrons. The van der Waals surface area contributed by atoms with Crippen LogP contribution in [0.25, 0.3) is 0 Å². The van der Waals surface area contributed by atoms with Crippen molar-refractivity contribution in [3.63, 3.8) is 0 Å². The molecule has 1 aliphatic heterocycles. The quantitative estimate of drug-likeness (QED) is 0.671. The molecule has 1 saturated heterocycles. The van der Waals surface area contributed by atoms with Crippen molar-refractivity contribution < 1.29 is 9.90 Å². The molecule has 2 unspecified atom stereocenters. The van der Waals surface area contributed by atoms with Gasteiger partial charge in [-0.2, -0.15) is 0 Å². The molecule has 1 aliphatic rings. The van der Waals surface area contributed by atoms with Crippen molar-refractivity contribution in [1.29, 1.82) is 0 Å². The van der Waals surface area contributed by atoms with Gasteiger partial charge in [-0.05, 0) is 32.7 Å². The zero-order valence-electron chi connectivity index (χ0n) is 9.70. The molecule has 0 aromatic carbocycles. The summed E-state index contributed by atoms with van der Waals surface area (Å²) in [5.74, 6) is 0.224. The normalized spacial score (nSPS) is 23.5. The highest BCUT2D eigenvalue weighted by molar-refractivity contribution is 5.83. The van der Waals surface area contributed by atoms with Crippen LogP contribution in [0.1, 0.15) is 33.1 Å². The number of rotatable bonds is 6. The minimum absolute atomic E-state index is 0.0292. The maximum Gasteiger partial charge on any atom is 0.239 e. The number of nitrogens with zero attached hydrogens (tertiary/aromatic N) is 1. The lowest BCUT2D eigenvalue weighted by Gasteiger charge is -2.17. The number of carbonyl (C=O) groups is 1. The molecule has 4 heteroatoms. The summed E-state index contributed by atoms with van der Waals surface area (Å²) in [6.45, 7) is 6.29. The van der Waals surface area contributed by atoms with Gasteiger partial charge < -0.3 is 15.3 Å². The molecular formula is C11H22N2O2. The van der Waals surface area contributed by atoms with Crippen molar-refractivity contribution in [2.75, 3.05) is 19.6 Å². The third-order valence-corrected chi connectivity index (χ3v) is 2.80. The van der Waals surface area contributed by atoms with Crippen molar-refractivity contribution >= 4 is 5.91 Å². The van der Waals surface area contributed by atoms with Crippen LogP contribution in [0.4, 0.5) is 0 Å². The molecule has 4 nitrogen and oxygen atoms in total. The monoisotopic (exact) mass is 214 g/mol. The Hall–Kier alpha value is -0.610. The minimum Gasteiger partial charge on any atom is -0.393 e. The van der Waals surface area contributed by atoms with Crippen LogP contribution in [-0.2, 0) is 4.79 Å². The summed E-state index contributed by atoms with van der Waals surface area (Å²) in [5.41, 5.74) is 0. The summed E-state index contributed by atoms with van der Waals surface area (Å²) in [7, 11) is 0. The molecule has 0 aromatic heterocycles. The molecular weight excluding hydrogens is 192 g/mol. The number of hydrogen-bond acceptors (Lipinski definition) is 3. The average Bonchev–Trinajstić information content (AvgIpc) is 2.50. The second kappa shape index (κ2) is 6.08. The second-order valence-corrected chi connectivity index (χ2v) is 4.22. The molecule has 1 fully saturated rings. The van der Waals surface area contributed by atoms with E-state index in [4.69, 9.17) is 5.11 Å². The summed E-state index contributed by atoms with van der Waals surface area (Å²) < 4.78 is 0. The molecule has 1 rings (SSSR count). The van der Waals surface area contributed by atoms with Crippen molar-refractivity contribution in [3.8, 4) is 0 Å². The Balaban J connectivity index is 2.24. The predicted octanol–water partition coefficient (Wildman–Crippen LogP) is 0.358. The number of likely N-dealkylation sites (tertiary alicyclic amines) is 1. The highest BCUT2D eigenvalue weighted by Gasteiger charge is 2.29. The van der Waals surface area contributed by atoms with Crippen LogP contribution in [0.3, 0.4) is 0 Å². The minimum atomic E-state index is -0.257. The van der Waals surface area contributed by atoms with E-state index < -0.39 is 0 Å². The zero-order valence-corrected chi connectivity index (χ0v) is 9.70. The van der Waals surface area contributed by atoms with Crippen LogP contribution in [0.15, 0.2) is 0 Å².